The number of hydrogen-bond acceptors (Lipinski definition) is 8. The van der Waals surface area contributed by atoms with E-state index >= 15 is 0 Å². The second-order valence-electron chi connectivity index (χ2n) is 12.5. The van der Waals surface area contributed by atoms with Gasteiger partial charge in [0.15, 0.2) is 5.82 Å². The summed E-state index contributed by atoms with van der Waals surface area (Å²) < 4.78 is 0. The van der Waals surface area contributed by atoms with E-state index in [1.165, 1.54) is 4.80 Å². The van der Waals surface area contributed by atoms with Crippen LogP contribution >= 0.6 is 0 Å². The molecule has 1 saturated heterocycles. The van der Waals surface area contributed by atoms with Gasteiger partial charge in [-0.1, -0.05) is 12.1 Å². The smallest absolute Gasteiger partial charge is 0.253 e. The van der Waals surface area contributed by atoms with E-state index in [-0.39, 0.29) is 36.3 Å². The van der Waals surface area contributed by atoms with Gasteiger partial charge in [0.25, 0.3) is 11.8 Å². The van der Waals surface area contributed by atoms with Crippen LogP contribution in [0, 0.1) is 11.3 Å². The van der Waals surface area contributed by atoms with Crippen LogP contribution in [0.15, 0.2) is 36.4 Å². The number of amides is 3. The Morgan fingerprint density at radius 3 is 2.09 bits per heavy atom. The van der Waals surface area contributed by atoms with Crippen LogP contribution in [0.1, 0.15) is 75.0 Å². The molecule has 0 unspecified atom stereocenters. The van der Waals surface area contributed by atoms with E-state index in [1.807, 2.05) is 43.3 Å². The van der Waals surface area contributed by atoms with Crippen LogP contribution in [-0.4, -0.2) is 106 Å². The molecule has 0 saturated carbocycles. The second kappa shape index (κ2) is 12.8. The molecule has 3 aromatic rings. The molecule has 1 N–H and O–H groups in total. The molecule has 0 radical (unpaired) electrons. The van der Waals surface area contributed by atoms with E-state index in [0.717, 1.165) is 28.7 Å². The highest BCUT2D eigenvalue weighted by Gasteiger charge is 2.46. The molecule has 2 heterocycles. The Morgan fingerprint density at radius 1 is 1.02 bits per heavy atom. The fourth-order valence-electron chi connectivity index (χ4n) is 6.73. The zero-order valence-corrected chi connectivity index (χ0v) is 26.9. The van der Waals surface area contributed by atoms with Gasteiger partial charge in [-0.25, -0.2) is 0 Å². The van der Waals surface area contributed by atoms with Gasteiger partial charge in [-0.15, -0.1) is 10.2 Å². The van der Waals surface area contributed by atoms with Crippen LogP contribution in [0.3, 0.4) is 0 Å². The van der Waals surface area contributed by atoms with Crippen LogP contribution in [0.5, 0.6) is 0 Å². The maximum Gasteiger partial charge on any atom is 0.253 e. The van der Waals surface area contributed by atoms with Crippen molar-refractivity contribution in [2.45, 2.75) is 56.5 Å². The molecule has 5 rings (SSSR count). The average molecular weight is 612 g/mol. The average Bonchev–Trinajstić information content (AvgIpc) is 3.67. The van der Waals surface area contributed by atoms with Crippen molar-refractivity contribution in [2.75, 3.05) is 41.3 Å². The molecule has 236 valence electrons. The van der Waals surface area contributed by atoms with Crippen molar-refractivity contribution in [2.24, 2.45) is 7.05 Å². The highest BCUT2D eigenvalue weighted by atomic mass is 16.2. The zero-order valence-electron chi connectivity index (χ0n) is 26.9. The number of carbonyl (C=O) groups excluding carboxylic acids is 3. The van der Waals surface area contributed by atoms with Crippen LogP contribution in [0.4, 0.5) is 0 Å². The summed E-state index contributed by atoms with van der Waals surface area (Å²) in [5.41, 5.74) is 4.16. The first-order valence-electron chi connectivity index (χ1n) is 15.3. The Morgan fingerprint density at radius 2 is 1.60 bits per heavy atom. The van der Waals surface area contributed by atoms with Crippen molar-refractivity contribution in [1.29, 1.82) is 5.26 Å². The number of tetrazole rings is 1. The summed E-state index contributed by atoms with van der Waals surface area (Å²) in [5, 5.41) is 26.5. The predicted octanol–water partition coefficient (Wildman–Crippen LogP) is 1.93. The lowest BCUT2D eigenvalue weighted by molar-refractivity contribution is -0.130. The number of fused-ring (bicyclic) bond motifs is 2. The summed E-state index contributed by atoms with van der Waals surface area (Å²) in [6.45, 7) is 2.70. The van der Waals surface area contributed by atoms with Gasteiger partial charge in [0, 0.05) is 51.9 Å². The molecule has 0 bridgehead atoms. The van der Waals surface area contributed by atoms with Crippen LogP contribution in [-0.2, 0) is 30.1 Å². The molecular weight excluding hydrogens is 570 g/mol. The Labute approximate surface area is 264 Å². The lowest BCUT2D eigenvalue weighted by Gasteiger charge is -2.36. The van der Waals surface area contributed by atoms with E-state index in [2.05, 4.69) is 21.7 Å². The fourth-order valence-corrected chi connectivity index (χ4v) is 6.73. The molecule has 1 fully saturated rings. The molecule has 2 aliphatic rings. The molecule has 45 heavy (non-hydrogen) atoms. The quantitative estimate of drug-likeness (QED) is 0.408. The van der Waals surface area contributed by atoms with Gasteiger partial charge >= 0.3 is 0 Å². The first kappa shape index (κ1) is 31.8. The fraction of sp³-hybridized carbons (Fsp3) is 0.485. The normalized spacial score (nSPS) is 17.4. The number of rotatable bonds is 8. The molecular formula is C33H41N9O3. The van der Waals surface area contributed by atoms with Gasteiger partial charge in [0.1, 0.15) is 6.04 Å². The lowest BCUT2D eigenvalue weighted by atomic mass is 9.67. The van der Waals surface area contributed by atoms with E-state index in [9.17, 15) is 19.6 Å². The Hall–Kier alpha value is -4.63. The predicted molar refractivity (Wildman–Crippen MR) is 167 cm³/mol. The third-order valence-electron chi connectivity index (χ3n) is 8.93. The second-order valence-corrected chi connectivity index (χ2v) is 12.5. The number of hydrogen-bond donors (Lipinski definition) is 1. The summed E-state index contributed by atoms with van der Waals surface area (Å²) in [4.78, 5) is 45.4. The Balaban J connectivity index is 1.63. The van der Waals surface area contributed by atoms with Gasteiger partial charge in [0.05, 0.1) is 25.1 Å². The monoisotopic (exact) mass is 611 g/mol. The molecule has 1 aliphatic heterocycles. The molecule has 2 atom stereocenters. The summed E-state index contributed by atoms with van der Waals surface area (Å²) in [7, 11) is 8.66. The third kappa shape index (κ3) is 6.04. The van der Waals surface area contributed by atoms with Crippen molar-refractivity contribution in [1.82, 2.24) is 40.2 Å². The number of aryl methyl sites for hydroxylation is 3. The number of benzene rings is 2. The SMILES string of the molecule is C[C@H](CC1(c2nnn(C)n2)c2ccc(C(=O)N(C)C)cc2CCc2cc(C(=O)N(C)C)ccc21)NCC(=O)N1CCC[C@H]1C#N. The third-order valence-corrected chi connectivity index (χ3v) is 8.93. The van der Waals surface area contributed by atoms with Gasteiger partial charge in [-0.3, -0.25) is 14.4 Å². The topological polar surface area (TPSA) is 140 Å². The minimum absolute atomic E-state index is 0.0900. The first-order chi connectivity index (χ1) is 21.5. The number of nitrogens with one attached hydrogen (secondary N) is 1. The molecule has 0 spiro atoms. The number of aromatic nitrogens is 4. The minimum atomic E-state index is -0.910. The van der Waals surface area contributed by atoms with E-state index in [1.54, 1.807) is 49.9 Å². The summed E-state index contributed by atoms with van der Waals surface area (Å²) in [5.74, 6) is 0.218. The number of carbonyl (C=O) groups is 3. The minimum Gasteiger partial charge on any atom is -0.345 e. The summed E-state index contributed by atoms with van der Waals surface area (Å²) >= 11 is 0. The van der Waals surface area contributed by atoms with E-state index < -0.39 is 5.41 Å². The van der Waals surface area contributed by atoms with Crippen LogP contribution in [0.25, 0.3) is 0 Å². The largest absolute Gasteiger partial charge is 0.345 e. The zero-order chi connectivity index (χ0) is 32.5. The summed E-state index contributed by atoms with van der Waals surface area (Å²) in [6, 6.07) is 13.2. The van der Waals surface area contributed by atoms with Gasteiger partial charge in [-0.2, -0.15) is 10.1 Å². The molecule has 2 aromatic carbocycles. The Kier molecular flexibility index (Phi) is 9.02. The number of nitrogens with zero attached hydrogens (tertiary/aromatic N) is 8. The van der Waals surface area contributed by atoms with Crippen molar-refractivity contribution >= 4 is 17.7 Å². The summed E-state index contributed by atoms with van der Waals surface area (Å²) in [6.07, 6.45) is 3.27. The van der Waals surface area contributed by atoms with Crippen molar-refractivity contribution in [3.8, 4) is 6.07 Å². The molecule has 1 aliphatic carbocycles. The van der Waals surface area contributed by atoms with Gasteiger partial charge in [0.2, 0.25) is 5.91 Å². The Bertz CT molecular complexity index is 1580. The van der Waals surface area contributed by atoms with Crippen LogP contribution in [0.2, 0.25) is 0 Å². The highest BCUT2D eigenvalue weighted by molar-refractivity contribution is 5.95. The van der Waals surface area contributed by atoms with Crippen molar-refractivity contribution in [3.63, 3.8) is 0 Å². The molecule has 12 heteroatoms. The highest BCUT2D eigenvalue weighted by Crippen LogP contribution is 2.47. The molecule has 3 amide bonds. The van der Waals surface area contributed by atoms with Gasteiger partial charge in [-0.05, 0) is 90.8 Å². The number of likely N-dealkylation sites (tertiary alicyclic amines) is 1. The number of nitriles is 1. The molecule has 1 aromatic heterocycles. The van der Waals surface area contributed by atoms with Crippen molar-refractivity contribution in [3.05, 3.63) is 75.6 Å². The van der Waals surface area contributed by atoms with Crippen molar-refractivity contribution < 1.29 is 14.4 Å². The van der Waals surface area contributed by atoms with Gasteiger partial charge < -0.3 is 20.0 Å². The standard InChI is InChI=1S/C33H41N9O3/c1-21(35-20-29(43)42-15-7-8-26(42)19-34)18-33(32-36-38-41(6)37-32)27-13-11-24(30(44)39(2)3)16-22(27)9-10-23-17-25(12-14-28(23)33)31(45)40(4)5/h11-14,16-17,21,26,35H,7-10,15,18,20H2,1-6H3/t21-,26+/m1/s1. The van der Waals surface area contributed by atoms with E-state index in [0.29, 0.717) is 49.2 Å². The first-order valence-corrected chi connectivity index (χ1v) is 15.3. The molecule has 12 nitrogen and oxygen atoms in total. The lowest BCUT2D eigenvalue weighted by Crippen LogP contribution is -2.45. The van der Waals surface area contributed by atoms with E-state index in [4.69, 9.17) is 5.10 Å². The maximum atomic E-state index is 13.1. The van der Waals surface area contributed by atoms with Crippen LogP contribution < -0.4 is 5.32 Å². The maximum absolute atomic E-state index is 13.1.